The number of pyridine rings is 2. The SMILES string of the molecule is COc1cncc(-c2cccc3cc([C@H](C)Nc4nc(N)ncc4C#N)n(-c4cccc(F)c4)c(=O)c23)c1. The zero-order valence-corrected chi connectivity index (χ0v) is 20.5. The second kappa shape index (κ2) is 9.99. The van der Waals surface area contributed by atoms with Gasteiger partial charge in [0.2, 0.25) is 5.95 Å². The molecule has 5 rings (SSSR count). The molecule has 0 bridgehead atoms. The molecule has 0 radical (unpaired) electrons. The first-order valence-corrected chi connectivity index (χ1v) is 11.6. The normalized spacial score (nSPS) is 11.6. The summed E-state index contributed by atoms with van der Waals surface area (Å²) in [5.74, 6) is 0.289. The first kappa shape index (κ1) is 24.4. The number of benzene rings is 2. The third kappa shape index (κ3) is 4.49. The van der Waals surface area contributed by atoms with Gasteiger partial charge >= 0.3 is 0 Å². The number of methoxy groups -OCH3 is 1. The van der Waals surface area contributed by atoms with E-state index in [1.807, 2.05) is 37.3 Å². The summed E-state index contributed by atoms with van der Waals surface area (Å²) < 4.78 is 21.1. The molecule has 5 aromatic rings. The van der Waals surface area contributed by atoms with Crippen LogP contribution in [-0.2, 0) is 0 Å². The Kier molecular flexibility index (Phi) is 6.41. The fourth-order valence-electron chi connectivity index (χ4n) is 4.37. The van der Waals surface area contributed by atoms with Gasteiger partial charge in [-0.05, 0) is 48.2 Å². The summed E-state index contributed by atoms with van der Waals surface area (Å²) >= 11 is 0. The lowest BCUT2D eigenvalue weighted by molar-refractivity contribution is 0.413. The smallest absolute Gasteiger partial charge is 0.263 e. The number of hydrogen-bond acceptors (Lipinski definition) is 8. The van der Waals surface area contributed by atoms with Crippen molar-refractivity contribution in [2.75, 3.05) is 18.2 Å². The van der Waals surface area contributed by atoms with E-state index in [9.17, 15) is 14.4 Å². The van der Waals surface area contributed by atoms with Gasteiger partial charge in [0.25, 0.3) is 5.56 Å². The largest absolute Gasteiger partial charge is 0.495 e. The van der Waals surface area contributed by atoms with Gasteiger partial charge in [-0.25, -0.2) is 9.37 Å². The van der Waals surface area contributed by atoms with E-state index in [-0.39, 0.29) is 22.9 Å². The van der Waals surface area contributed by atoms with Crippen molar-refractivity contribution in [3.05, 3.63) is 101 Å². The zero-order valence-electron chi connectivity index (χ0n) is 20.5. The Labute approximate surface area is 217 Å². The number of nitrogens with one attached hydrogen (secondary N) is 1. The molecule has 1 atom stereocenters. The molecule has 10 heteroatoms. The van der Waals surface area contributed by atoms with E-state index >= 15 is 0 Å². The van der Waals surface area contributed by atoms with Crippen molar-refractivity contribution in [1.29, 1.82) is 5.26 Å². The average Bonchev–Trinajstić information content (AvgIpc) is 2.92. The number of nitrogens with two attached hydrogens (primary N) is 1. The summed E-state index contributed by atoms with van der Waals surface area (Å²) in [6.45, 7) is 1.81. The van der Waals surface area contributed by atoms with Crippen molar-refractivity contribution >= 4 is 22.5 Å². The molecule has 0 aliphatic heterocycles. The topological polar surface area (TPSA) is 132 Å². The highest BCUT2D eigenvalue weighted by atomic mass is 19.1. The van der Waals surface area contributed by atoms with Crippen LogP contribution in [0.3, 0.4) is 0 Å². The monoisotopic (exact) mass is 507 g/mol. The Balaban J connectivity index is 1.76. The van der Waals surface area contributed by atoms with Crippen molar-refractivity contribution < 1.29 is 9.13 Å². The Bertz CT molecular complexity index is 1780. The number of nitrogen functional groups attached to an aromatic ring is 1. The number of nitrogens with zero attached hydrogens (tertiary/aromatic N) is 5. The Morgan fingerprint density at radius 3 is 2.71 bits per heavy atom. The number of anilines is 2. The van der Waals surface area contributed by atoms with Crippen molar-refractivity contribution in [2.45, 2.75) is 13.0 Å². The lowest BCUT2D eigenvalue weighted by Crippen LogP contribution is -2.26. The van der Waals surface area contributed by atoms with Gasteiger partial charge in [0, 0.05) is 17.5 Å². The molecule has 0 saturated carbocycles. The minimum Gasteiger partial charge on any atom is -0.495 e. The second-order valence-electron chi connectivity index (χ2n) is 8.54. The summed E-state index contributed by atoms with van der Waals surface area (Å²) in [4.78, 5) is 26.5. The molecule has 0 unspecified atom stereocenters. The van der Waals surface area contributed by atoms with Crippen LogP contribution in [0.1, 0.15) is 24.2 Å². The number of rotatable bonds is 6. The van der Waals surface area contributed by atoms with Crippen LogP contribution in [0, 0.1) is 17.1 Å². The Morgan fingerprint density at radius 1 is 1.13 bits per heavy atom. The highest BCUT2D eigenvalue weighted by Crippen LogP contribution is 2.31. The molecule has 0 aliphatic carbocycles. The predicted molar refractivity (Wildman–Crippen MR) is 142 cm³/mol. The summed E-state index contributed by atoms with van der Waals surface area (Å²) in [6.07, 6.45) is 4.57. The third-order valence-electron chi connectivity index (χ3n) is 6.13. The highest BCUT2D eigenvalue weighted by molar-refractivity contribution is 5.96. The molecule has 188 valence electrons. The van der Waals surface area contributed by atoms with Gasteiger partial charge < -0.3 is 15.8 Å². The molecule has 38 heavy (non-hydrogen) atoms. The Morgan fingerprint density at radius 2 is 1.95 bits per heavy atom. The maximum Gasteiger partial charge on any atom is 0.263 e. The molecular weight excluding hydrogens is 485 g/mol. The van der Waals surface area contributed by atoms with Gasteiger partial charge in [-0.2, -0.15) is 10.2 Å². The molecule has 2 aromatic carbocycles. The van der Waals surface area contributed by atoms with Crippen LogP contribution in [0.15, 0.2) is 78.0 Å². The second-order valence-corrected chi connectivity index (χ2v) is 8.54. The van der Waals surface area contributed by atoms with Crippen molar-refractivity contribution in [3.63, 3.8) is 0 Å². The maximum atomic E-state index is 14.3. The van der Waals surface area contributed by atoms with Crippen LogP contribution in [0.5, 0.6) is 5.75 Å². The van der Waals surface area contributed by atoms with Crippen LogP contribution >= 0.6 is 0 Å². The van der Waals surface area contributed by atoms with Gasteiger partial charge in [-0.15, -0.1) is 0 Å². The molecular formula is C28H22FN7O2. The van der Waals surface area contributed by atoms with Crippen LogP contribution in [0.2, 0.25) is 0 Å². The fourth-order valence-corrected chi connectivity index (χ4v) is 4.37. The lowest BCUT2D eigenvalue weighted by atomic mass is 9.98. The van der Waals surface area contributed by atoms with E-state index in [1.54, 1.807) is 37.7 Å². The molecule has 0 aliphatic rings. The van der Waals surface area contributed by atoms with Crippen LogP contribution in [0.25, 0.3) is 27.6 Å². The molecule has 0 saturated heterocycles. The summed E-state index contributed by atoms with van der Waals surface area (Å²) in [6, 6.07) is 16.5. The molecule has 3 heterocycles. The summed E-state index contributed by atoms with van der Waals surface area (Å²) in [5, 5.41) is 13.8. The molecule has 0 spiro atoms. The molecule has 9 nitrogen and oxygen atoms in total. The van der Waals surface area contributed by atoms with E-state index in [1.165, 1.54) is 22.9 Å². The van der Waals surface area contributed by atoms with E-state index in [4.69, 9.17) is 10.5 Å². The number of fused-ring (bicyclic) bond motifs is 1. The standard InChI is InChI=1S/C28H22FN7O2/c1-16(34-26-19(12-30)14-33-28(31)35-26)24-10-17-5-3-8-23(18-9-22(38-2)15-32-13-18)25(17)27(37)36(24)21-7-4-6-20(29)11-21/h3-11,13-16H,1-2H3,(H3,31,33,34,35)/t16-/m0/s1. The average molecular weight is 508 g/mol. The van der Waals surface area contributed by atoms with Crippen molar-refractivity contribution in [2.24, 2.45) is 0 Å². The fraction of sp³-hybridized carbons (Fsp3) is 0.107. The van der Waals surface area contributed by atoms with Gasteiger partial charge in [-0.3, -0.25) is 14.3 Å². The zero-order chi connectivity index (χ0) is 26.8. The van der Waals surface area contributed by atoms with Crippen molar-refractivity contribution in [1.82, 2.24) is 19.5 Å². The quantitative estimate of drug-likeness (QED) is 0.340. The van der Waals surface area contributed by atoms with Crippen molar-refractivity contribution in [3.8, 4) is 28.6 Å². The summed E-state index contributed by atoms with van der Waals surface area (Å²) in [7, 11) is 1.55. The number of ether oxygens (including phenoxy) is 1. The van der Waals surface area contributed by atoms with Gasteiger partial charge in [0.15, 0.2) is 0 Å². The Hall–Kier alpha value is -5.30. The number of hydrogen-bond donors (Lipinski definition) is 2. The molecule has 3 aromatic heterocycles. The molecule has 0 amide bonds. The van der Waals surface area contributed by atoms with E-state index in [2.05, 4.69) is 20.3 Å². The lowest BCUT2D eigenvalue weighted by Gasteiger charge is -2.22. The first-order chi connectivity index (χ1) is 18.4. The minimum absolute atomic E-state index is 0.00345. The minimum atomic E-state index is -0.543. The molecule has 3 N–H and O–H groups in total. The van der Waals surface area contributed by atoms with Gasteiger partial charge in [0.05, 0.1) is 36.6 Å². The van der Waals surface area contributed by atoms with E-state index in [0.29, 0.717) is 39.0 Å². The number of aromatic nitrogens is 4. The van der Waals surface area contributed by atoms with Crippen LogP contribution in [-0.4, -0.2) is 26.6 Å². The summed E-state index contributed by atoms with van der Waals surface area (Å²) in [5.41, 5.74) is 7.82. The van der Waals surface area contributed by atoms with Gasteiger partial charge in [-0.1, -0.05) is 24.3 Å². The number of halogens is 1. The van der Waals surface area contributed by atoms with E-state index in [0.717, 1.165) is 0 Å². The first-order valence-electron chi connectivity index (χ1n) is 11.6. The highest BCUT2D eigenvalue weighted by Gasteiger charge is 2.20. The van der Waals surface area contributed by atoms with Crippen LogP contribution < -0.4 is 21.3 Å². The van der Waals surface area contributed by atoms with Crippen LogP contribution in [0.4, 0.5) is 16.2 Å². The van der Waals surface area contributed by atoms with E-state index < -0.39 is 11.9 Å². The maximum absolute atomic E-state index is 14.3. The molecule has 0 fully saturated rings. The number of nitriles is 1. The third-order valence-corrected chi connectivity index (χ3v) is 6.13. The van der Waals surface area contributed by atoms with Gasteiger partial charge in [0.1, 0.15) is 29.0 Å². The predicted octanol–water partition coefficient (Wildman–Crippen LogP) is 4.62.